The Morgan fingerprint density at radius 2 is 2.11 bits per heavy atom. The Morgan fingerprint density at radius 3 is 2.67 bits per heavy atom. The molecule has 0 saturated carbocycles. The van der Waals surface area contributed by atoms with Crippen LogP contribution in [0.1, 0.15) is 40.0 Å². The average Bonchev–Trinajstić information content (AvgIpc) is 2.27. The summed E-state index contributed by atoms with van der Waals surface area (Å²) in [6, 6.07) is 0. The molecule has 1 heterocycles. The topological polar surface area (TPSA) is 58.2 Å². The molecule has 4 nitrogen and oxygen atoms in total. The van der Waals surface area contributed by atoms with Crippen LogP contribution in [0.25, 0.3) is 0 Å². The van der Waals surface area contributed by atoms with Gasteiger partial charge in [0.05, 0.1) is 5.75 Å². The van der Waals surface area contributed by atoms with Gasteiger partial charge in [-0.2, -0.15) is 0 Å². The quantitative estimate of drug-likeness (QED) is 0.724. The van der Waals surface area contributed by atoms with Crippen molar-refractivity contribution in [3.8, 4) is 0 Å². The third-order valence-electron chi connectivity index (χ3n) is 3.05. The van der Waals surface area contributed by atoms with Crippen molar-refractivity contribution in [1.82, 2.24) is 10.0 Å². The molecule has 0 radical (unpaired) electrons. The Kier molecular flexibility index (Phi) is 5.82. The van der Waals surface area contributed by atoms with Gasteiger partial charge in [-0.1, -0.05) is 32.4 Å². The van der Waals surface area contributed by atoms with Crippen molar-refractivity contribution >= 4 is 10.0 Å². The van der Waals surface area contributed by atoms with Crippen molar-refractivity contribution < 1.29 is 8.42 Å². The maximum atomic E-state index is 11.8. The highest BCUT2D eigenvalue weighted by Gasteiger charge is 2.17. The van der Waals surface area contributed by atoms with Gasteiger partial charge in [0.25, 0.3) is 0 Å². The van der Waals surface area contributed by atoms with Gasteiger partial charge < -0.3 is 5.32 Å². The maximum absolute atomic E-state index is 11.8. The molecule has 0 aromatic heterocycles. The summed E-state index contributed by atoms with van der Waals surface area (Å²) in [4.78, 5) is 0. The van der Waals surface area contributed by atoms with E-state index in [0.717, 1.165) is 25.9 Å². The van der Waals surface area contributed by atoms with Crippen LogP contribution in [0.4, 0.5) is 0 Å². The molecule has 0 aromatic rings. The molecule has 2 N–H and O–H groups in total. The molecular formula is C13H26N2O2S. The van der Waals surface area contributed by atoms with E-state index in [1.54, 1.807) is 0 Å². The van der Waals surface area contributed by atoms with Gasteiger partial charge in [0.1, 0.15) is 0 Å². The monoisotopic (exact) mass is 274 g/mol. The average molecular weight is 274 g/mol. The third kappa shape index (κ3) is 7.13. The standard InChI is InChI=1S/C13H26N2O2S/c1-13(2,3)7-11-18(16,17)15-10-6-12-4-8-14-9-5-12/h4,14-15H,5-11H2,1-3H3. The molecule has 0 atom stereocenters. The number of hydrogen-bond donors (Lipinski definition) is 2. The van der Waals surface area contributed by atoms with Crippen molar-refractivity contribution in [2.24, 2.45) is 5.41 Å². The fourth-order valence-corrected chi connectivity index (χ4v) is 3.21. The van der Waals surface area contributed by atoms with E-state index in [2.05, 4.69) is 36.9 Å². The first-order valence-electron chi connectivity index (χ1n) is 6.64. The van der Waals surface area contributed by atoms with E-state index in [1.807, 2.05) is 0 Å². The van der Waals surface area contributed by atoms with Crippen LogP contribution in [0, 0.1) is 5.41 Å². The molecule has 1 aliphatic heterocycles. The molecule has 0 unspecified atom stereocenters. The first-order valence-corrected chi connectivity index (χ1v) is 8.30. The van der Waals surface area contributed by atoms with E-state index in [0.29, 0.717) is 13.0 Å². The first kappa shape index (κ1) is 15.7. The number of sulfonamides is 1. The van der Waals surface area contributed by atoms with Gasteiger partial charge in [-0.3, -0.25) is 0 Å². The second kappa shape index (κ2) is 6.68. The van der Waals surface area contributed by atoms with E-state index in [4.69, 9.17) is 0 Å². The highest BCUT2D eigenvalue weighted by atomic mass is 32.2. The van der Waals surface area contributed by atoms with Crippen molar-refractivity contribution in [2.75, 3.05) is 25.4 Å². The van der Waals surface area contributed by atoms with Crippen molar-refractivity contribution in [3.05, 3.63) is 11.6 Å². The molecule has 0 saturated heterocycles. The largest absolute Gasteiger partial charge is 0.313 e. The molecule has 18 heavy (non-hydrogen) atoms. The fraction of sp³-hybridized carbons (Fsp3) is 0.846. The molecule has 5 heteroatoms. The summed E-state index contributed by atoms with van der Waals surface area (Å²) in [5.41, 5.74) is 1.42. The molecule has 0 fully saturated rings. The summed E-state index contributed by atoms with van der Waals surface area (Å²) in [6.45, 7) is 8.61. The third-order valence-corrected chi connectivity index (χ3v) is 4.43. The second-order valence-electron chi connectivity index (χ2n) is 6.09. The Bertz CT molecular complexity index is 380. The summed E-state index contributed by atoms with van der Waals surface area (Å²) in [6.07, 6.45) is 4.71. The lowest BCUT2D eigenvalue weighted by Crippen LogP contribution is -2.30. The second-order valence-corrected chi connectivity index (χ2v) is 8.02. The molecule has 0 aromatic carbocycles. The van der Waals surface area contributed by atoms with Crippen LogP contribution in [-0.2, 0) is 10.0 Å². The van der Waals surface area contributed by atoms with Crippen molar-refractivity contribution in [1.29, 1.82) is 0 Å². The van der Waals surface area contributed by atoms with Crippen molar-refractivity contribution in [2.45, 2.75) is 40.0 Å². The van der Waals surface area contributed by atoms with E-state index >= 15 is 0 Å². The summed E-state index contributed by atoms with van der Waals surface area (Å²) in [5, 5.41) is 3.24. The van der Waals surface area contributed by atoms with Crippen LogP contribution < -0.4 is 10.0 Å². The summed E-state index contributed by atoms with van der Waals surface area (Å²) in [7, 11) is -3.11. The van der Waals surface area contributed by atoms with Crippen LogP contribution in [0.2, 0.25) is 0 Å². The lowest BCUT2D eigenvalue weighted by molar-refractivity contribution is 0.396. The van der Waals surface area contributed by atoms with Gasteiger partial charge >= 0.3 is 0 Å². The Labute approximate surface area is 111 Å². The van der Waals surface area contributed by atoms with Gasteiger partial charge in [0.15, 0.2) is 0 Å². The van der Waals surface area contributed by atoms with Gasteiger partial charge in [0.2, 0.25) is 10.0 Å². The minimum absolute atomic E-state index is 0.0618. The Balaban J connectivity index is 2.27. The van der Waals surface area contributed by atoms with E-state index < -0.39 is 10.0 Å². The lowest BCUT2D eigenvalue weighted by atomic mass is 9.94. The molecule has 106 valence electrons. The molecular weight excluding hydrogens is 248 g/mol. The van der Waals surface area contributed by atoms with Crippen LogP contribution in [0.3, 0.4) is 0 Å². The predicted molar refractivity (Wildman–Crippen MR) is 76.0 cm³/mol. The van der Waals surface area contributed by atoms with Crippen molar-refractivity contribution in [3.63, 3.8) is 0 Å². The maximum Gasteiger partial charge on any atom is 0.211 e. The highest BCUT2D eigenvalue weighted by molar-refractivity contribution is 7.89. The Hall–Kier alpha value is -0.390. The van der Waals surface area contributed by atoms with Gasteiger partial charge in [0, 0.05) is 13.1 Å². The minimum Gasteiger partial charge on any atom is -0.313 e. The molecule has 0 bridgehead atoms. The molecule has 0 aliphatic carbocycles. The van der Waals surface area contributed by atoms with Gasteiger partial charge in [-0.05, 0) is 31.2 Å². The number of rotatable bonds is 6. The zero-order valence-electron chi connectivity index (χ0n) is 11.8. The van der Waals surface area contributed by atoms with E-state index in [9.17, 15) is 8.42 Å². The van der Waals surface area contributed by atoms with Crippen LogP contribution >= 0.6 is 0 Å². The summed E-state index contributed by atoms with van der Waals surface area (Å²) in [5.74, 6) is 0.219. The highest BCUT2D eigenvalue weighted by Crippen LogP contribution is 2.19. The zero-order valence-corrected chi connectivity index (χ0v) is 12.6. The number of nitrogens with one attached hydrogen (secondary N) is 2. The zero-order chi connectivity index (χ0) is 13.6. The number of hydrogen-bond acceptors (Lipinski definition) is 3. The Morgan fingerprint density at radius 1 is 1.39 bits per heavy atom. The summed E-state index contributed by atoms with van der Waals surface area (Å²) < 4.78 is 26.2. The molecule has 1 rings (SSSR count). The van der Waals surface area contributed by atoms with E-state index in [1.165, 1.54) is 5.57 Å². The molecule has 0 spiro atoms. The summed E-state index contributed by atoms with van der Waals surface area (Å²) >= 11 is 0. The van der Waals surface area contributed by atoms with Gasteiger partial charge in [-0.15, -0.1) is 0 Å². The van der Waals surface area contributed by atoms with Crippen LogP contribution in [0.5, 0.6) is 0 Å². The van der Waals surface area contributed by atoms with Crippen LogP contribution in [0.15, 0.2) is 11.6 Å². The normalized spacial score (nSPS) is 17.6. The van der Waals surface area contributed by atoms with Gasteiger partial charge in [-0.25, -0.2) is 13.1 Å². The SMILES string of the molecule is CC(C)(C)CCS(=O)(=O)NCCC1=CCNCC1. The first-order chi connectivity index (χ1) is 8.29. The predicted octanol–water partition coefficient (Wildman–Crippen LogP) is 1.65. The fourth-order valence-electron chi connectivity index (χ4n) is 1.78. The van der Waals surface area contributed by atoms with E-state index in [-0.39, 0.29) is 11.2 Å². The lowest BCUT2D eigenvalue weighted by Gasteiger charge is -2.18. The molecule has 0 amide bonds. The van der Waals surface area contributed by atoms with Crippen LogP contribution in [-0.4, -0.2) is 33.8 Å². The smallest absolute Gasteiger partial charge is 0.211 e. The molecule has 1 aliphatic rings. The minimum atomic E-state index is -3.11.